The first-order chi connectivity index (χ1) is 10.6. The van der Waals surface area contributed by atoms with Gasteiger partial charge in [-0.3, -0.25) is 9.48 Å². The van der Waals surface area contributed by atoms with E-state index >= 15 is 0 Å². The average molecular weight is 378 g/mol. The number of nitrogens with one attached hydrogen (secondary N) is 2. The predicted octanol–water partition coefficient (Wildman–Crippen LogP) is 2.15. The standard InChI is InChI=1S/C16H27N5O.2ClH/c1-20(2)7-8-21-6-5-15(19-21)18-16(22)11-12-9-13-3-4-14(10-12)17-13;;/h5-6,12-14,17H,3-4,7-11H2,1-2H3,(H,18,19,22);2*1H. The lowest BCUT2D eigenvalue weighted by molar-refractivity contribution is -0.117. The lowest BCUT2D eigenvalue weighted by atomic mass is 9.89. The summed E-state index contributed by atoms with van der Waals surface area (Å²) in [7, 11) is 4.08. The molecule has 2 bridgehead atoms. The Bertz CT molecular complexity index is 510. The summed E-state index contributed by atoms with van der Waals surface area (Å²) in [6.07, 6.45) is 7.38. The third-order valence-electron chi connectivity index (χ3n) is 4.73. The van der Waals surface area contributed by atoms with Crippen LogP contribution in [0.2, 0.25) is 0 Å². The van der Waals surface area contributed by atoms with E-state index in [0.717, 1.165) is 25.9 Å². The zero-order chi connectivity index (χ0) is 15.5. The van der Waals surface area contributed by atoms with Crippen LogP contribution in [0.15, 0.2) is 12.3 Å². The topological polar surface area (TPSA) is 62.2 Å². The number of nitrogens with zero attached hydrogens (tertiary/aromatic N) is 3. The number of aromatic nitrogens is 2. The van der Waals surface area contributed by atoms with Gasteiger partial charge in [-0.1, -0.05) is 0 Å². The average Bonchev–Trinajstić information content (AvgIpc) is 3.03. The van der Waals surface area contributed by atoms with Gasteiger partial charge in [-0.25, -0.2) is 0 Å². The Morgan fingerprint density at radius 2 is 2.00 bits per heavy atom. The fourth-order valence-corrected chi connectivity index (χ4v) is 3.65. The molecule has 0 aliphatic carbocycles. The van der Waals surface area contributed by atoms with Gasteiger partial charge in [0, 0.05) is 37.3 Å². The van der Waals surface area contributed by atoms with Crippen LogP contribution in [0, 0.1) is 5.92 Å². The van der Waals surface area contributed by atoms with Crippen molar-refractivity contribution < 1.29 is 4.79 Å². The molecule has 1 aromatic heterocycles. The molecule has 138 valence electrons. The summed E-state index contributed by atoms with van der Waals surface area (Å²) < 4.78 is 1.88. The molecule has 2 aliphatic heterocycles. The van der Waals surface area contributed by atoms with Gasteiger partial charge in [-0.2, -0.15) is 5.10 Å². The number of likely N-dealkylation sites (N-methyl/N-ethyl adjacent to an activating group) is 1. The number of hydrogen-bond acceptors (Lipinski definition) is 4. The van der Waals surface area contributed by atoms with Crippen molar-refractivity contribution in [1.82, 2.24) is 20.0 Å². The molecule has 8 heteroatoms. The normalized spacial score (nSPS) is 25.0. The van der Waals surface area contributed by atoms with Crippen molar-refractivity contribution in [3.63, 3.8) is 0 Å². The highest BCUT2D eigenvalue weighted by Crippen LogP contribution is 2.32. The maximum absolute atomic E-state index is 12.2. The third kappa shape index (κ3) is 5.92. The molecule has 0 spiro atoms. The van der Waals surface area contributed by atoms with Crippen molar-refractivity contribution in [3.8, 4) is 0 Å². The number of halogens is 2. The van der Waals surface area contributed by atoms with Crippen LogP contribution in [0.5, 0.6) is 0 Å². The number of rotatable bonds is 6. The smallest absolute Gasteiger partial charge is 0.225 e. The van der Waals surface area contributed by atoms with E-state index in [1.54, 1.807) is 0 Å². The van der Waals surface area contributed by atoms with Gasteiger partial charge in [0.25, 0.3) is 0 Å². The number of anilines is 1. The van der Waals surface area contributed by atoms with Crippen molar-refractivity contribution >= 4 is 36.5 Å². The Labute approximate surface area is 156 Å². The summed E-state index contributed by atoms with van der Waals surface area (Å²) in [6.45, 7) is 1.77. The fraction of sp³-hybridized carbons (Fsp3) is 0.750. The van der Waals surface area contributed by atoms with E-state index in [4.69, 9.17) is 0 Å². The summed E-state index contributed by atoms with van der Waals surface area (Å²) in [5.74, 6) is 1.29. The first kappa shape index (κ1) is 21.2. The molecule has 3 rings (SSSR count). The van der Waals surface area contributed by atoms with Gasteiger partial charge in [0.1, 0.15) is 0 Å². The van der Waals surface area contributed by atoms with Crippen LogP contribution in [0.3, 0.4) is 0 Å². The first-order valence-corrected chi connectivity index (χ1v) is 8.32. The van der Waals surface area contributed by atoms with Crippen LogP contribution in [0.1, 0.15) is 32.1 Å². The summed E-state index contributed by atoms with van der Waals surface area (Å²) >= 11 is 0. The maximum Gasteiger partial charge on any atom is 0.225 e. The predicted molar refractivity (Wildman–Crippen MR) is 101 cm³/mol. The molecule has 2 N–H and O–H groups in total. The minimum atomic E-state index is 0. The van der Waals surface area contributed by atoms with E-state index in [0.29, 0.717) is 30.2 Å². The van der Waals surface area contributed by atoms with E-state index in [1.807, 2.05) is 31.0 Å². The lowest BCUT2D eigenvalue weighted by Gasteiger charge is -2.28. The van der Waals surface area contributed by atoms with E-state index in [9.17, 15) is 4.79 Å². The van der Waals surface area contributed by atoms with E-state index in [-0.39, 0.29) is 30.7 Å². The highest BCUT2D eigenvalue weighted by Gasteiger charge is 2.34. The van der Waals surface area contributed by atoms with Gasteiger partial charge in [0.15, 0.2) is 5.82 Å². The van der Waals surface area contributed by atoms with E-state index in [1.165, 1.54) is 12.8 Å². The first-order valence-electron chi connectivity index (χ1n) is 8.32. The molecule has 2 fully saturated rings. The van der Waals surface area contributed by atoms with Gasteiger partial charge >= 0.3 is 0 Å². The lowest BCUT2D eigenvalue weighted by Crippen LogP contribution is -2.39. The molecule has 1 aromatic rings. The molecule has 0 aromatic carbocycles. The second kappa shape index (κ2) is 9.61. The van der Waals surface area contributed by atoms with Crippen molar-refractivity contribution in [2.24, 2.45) is 5.92 Å². The monoisotopic (exact) mass is 377 g/mol. The third-order valence-corrected chi connectivity index (χ3v) is 4.73. The van der Waals surface area contributed by atoms with Crippen LogP contribution in [0.4, 0.5) is 5.82 Å². The number of hydrogen-bond donors (Lipinski definition) is 2. The molecule has 2 unspecified atom stereocenters. The minimum absolute atomic E-state index is 0. The van der Waals surface area contributed by atoms with Gasteiger partial charge in [0.2, 0.25) is 5.91 Å². The minimum Gasteiger partial charge on any atom is -0.311 e. The van der Waals surface area contributed by atoms with E-state index in [2.05, 4.69) is 20.6 Å². The van der Waals surface area contributed by atoms with Crippen molar-refractivity contribution in [2.75, 3.05) is 26.0 Å². The second-order valence-electron chi connectivity index (χ2n) is 6.99. The Morgan fingerprint density at radius 3 is 2.62 bits per heavy atom. The molecule has 6 nitrogen and oxygen atoms in total. The Balaban J connectivity index is 0.00000144. The van der Waals surface area contributed by atoms with Crippen molar-refractivity contribution in [1.29, 1.82) is 0 Å². The highest BCUT2D eigenvalue weighted by atomic mass is 35.5. The number of piperidine rings is 1. The van der Waals surface area contributed by atoms with Crippen molar-refractivity contribution in [2.45, 2.75) is 50.7 Å². The highest BCUT2D eigenvalue weighted by molar-refractivity contribution is 5.89. The van der Waals surface area contributed by atoms with Gasteiger partial charge < -0.3 is 15.5 Å². The molecular formula is C16H29Cl2N5O. The SMILES string of the molecule is CN(C)CCn1ccc(NC(=O)CC2CC3CCC(C2)N3)n1.Cl.Cl. The molecule has 2 saturated heterocycles. The zero-order valence-electron chi connectivity index (χ0n) is 14.4. The molecular weight excluding hydrogens is 349 g/mol. The molecule has 0 saturated carbocycles. The molecule has 3 heterocycles. The number of carbonyl (C=O) groups is 1. The van der Waals surface area contributed by atoms with Crippen LogP contribution in [-0.4, -0.2) is 53.3 Å². The Hall–Kier alpha value is -0.820. The quantitative estimate of drug-likeness (QED) is 0.796. The van der Waals surface area contributed by atoms with Crippen LogP contribution < -0.4 is 10.6 Å². The second-order valence-corrected chi connectivity index (χ2v) is 6.99. The van der Waals surface area contributed by atoms with Crippen LogP contribution >= 0.6 is 24.8 Å². The van der Waals surface area contributed by atoms with Crippen LogP contribution in [0.25, 0.3) is 0 Å². The molecule has 2 aliphatic rings. The Kier molecular flexibility index (Phi) is 8.50. The van der Waals surface area contributed by atoms with Gasteiger partial charge in [0.05, 0.1) is 6.54 Å². The van der Waals surface area contributed by atoms with Gasteiger partial charge in [-0.15, -0.1) is 24.8 Å². The van der Waals surface area contributed by atoms with Gasteiger partial charge in [-0.05, 0) is 45.7 Å². The van der Waals surface area contributed by atoms with Crippen LogP contribution in [-0.2, 0) is 11.3 Å². The molecule has 1 amide bonds. The van der Waals surface area contributed by atoms with E-state index < -0.39 is 0 Å². The number of amides is 1. The largest absolute Gasteiger partial charge is 0.311 e. The molecule has 24 heavy (non-hydrogen) atoms. The summed E-state index contributed by atoms with van der Waals surface area (Å²) in [5.41, 5.74) is 0. The fourth-order valence-electron chi connectivity index (χ4n) is 3.65. The summed E-state index contributed by atoms with van der Waals surface area (Å²) in [5, 5.41) is 11.0. The molecule has 2 atom stereocenters. The number of fused-ring (bicyclic) bond motifs is 2. The molecule has 0 radical (unpaired) electrons. The summed E-state index contributed by atoms with van der Waals surface area (Å²) in [6, 6.07) is 3.16. The zero-order valence-corrected chi connectivity index (χ0v) is 16.0. The Morgan fingerprint density at radius 1 is 1.33 bits per heavy atom. The van der Waals surface area contributed by atoms with Crippen molar-refractivity contribution in [3.05, 3.63) is 12.3 Å². The number of carbonyl (C=O) groups excluding carboxylic acids is 1. The maximum atomic E-state index is 12.2. The summed E-state index contributed by atoms with van der Waals surface area (Å²) in [4.78, 5) is 14.3.